The first-order valence-electron chi connectivity index (χ1n) is 43.3. The van der Waals surface area contributed by atoms with Crippen molar-refractivity contribution < 1.29 is 161 Å². The number of carbonyl (C=O) groups excluding carboxylic acids is 5. The molecule has 0 aliphatic heterocycles. The highest BCUT2D eigenvalue weighted by atomic mass is 32.2. The first kappa shape index (κ1) is 128. The van der Waals surface area contributed by atoms with Crippen LogP contribution in [0.25, 0.3) is 0 Å². The maximum Gasteiger partial charge on any atom is 0.344 e. The van der Waals surface area contributed by atoms with E-state index >= 15 is 0 Å². The number of benzene rings is 7. The van der Waals surface area contributed by atoms with E-state index in [0.717, 1.165) is 66.2 Å². The lowest BCUT2D eigenvalue weighted by Crippen LogP contribution is -2.29. The summed E-state index contributed by atoms with van der Waals surface area (Å²) in [5.41, 5.74) is 5.07. The van der Waals surface area contributed by atoms with Gasteiger partial charge in [-0.1, -0.05) is 170 Å². The Morgan fingerprint density at radius 3 is 1.03 bits per heavy atom. The summed E-state index contributed by atoms with van der Waals surface area (Å²) in [5.74, 6) is -2.93. The molecular weight excluding hydrogens is 1950 g/mol. The summed E-state index contributed by atoms with van der Waals surface area (Å²) in [7, 11) is -33.9. The summed E-state index contributed by atoms with van der Waals surface area (Å²) in [5, 5.41) is 0. The zero-order valence-corrected chi connectivity index (χ0v) is 87.4. The molecule has 0 spiro atoms. The van der Waals surface area contributed by atoms with Crippen molar-refractivity contribution in [1.29, 1.82) is 0 Å². The molecule has 772 valence electrons. The van der Waals surface area contributed by atoms with Crippen LogP contribution in [0, 0.1) is 36.5 Å². The van der Waals surface area contributed by atoms with Gasteiger partial charge in [0.15, 0.2) is 0 Å². The largest absolute Gasteiger partial charge is 0.748 e. The van der Waals surface area contributed by atoms with E-state index in [0.29, 0.717) is 72.4 Å². The Balaban J connectivity index is 0.00000156. The standard InChI is InChI=1S/C18H22O5S.C17H18O5S.C12H18O3S.2C10H14O3S.C9H16O7S.C9H18O5S.C8H16O5S/c1-3-14(2)15-4-6-16(7-5-15)22-12-13-23-17-8-10-18(11-9-17)24(19,20)21;1-3-12(2)13-8-10-14(11-9-13)22-17(18)15-6-4-5-7-16(15)23(19,20)21;1-5-8(2)11-6-9(3)12(10(4)7-11)16(13,14)15;1-3-8(2)9-4-6-10(7-5-9)14(11,12)13;1-3-8(2)9-5-4-6-10(7-9)14(11,12)13;1-6(8(10)15-3)7(2)9(11)16-4-5-17(12,13)14;1-4-9(2,3)8(10)14-6-5-7-15(11,12)13;1-4-8(2,3)7(9)13-5-6-14(10,11)12/h4-11,14H,3,12-13H2,1-2H3,(H,19,20,21);4-12H,3H2,1-2H3,(H,19,20,21);6-8H,5H2,1-4H3,(H,13,14,15);2*4-8H,3H2,1-2H3,(H,11,12,13);6-7H,4-5H2,1-3H3,(H,12,13,14);4-7H2,1-3H3,(H,11,12,13);4-6H2,1-3H3,(H,10,11,12)/p-8. The van der Waals surface area contributed by atoms with Crippen LogP contribution in [-0.4, -0.2) is 191 Å². The third-order valence-electron chi connectivity index (χ3n) is 21.5. The molecule has 0 aliphatic rings. The molecule has 0 saturated carbocycles. The molecule has 0 saturated heterocycles. The van der Waals surface area contributed by atoms with Crippen LogP contribution in [0.15, 0.2) is 182 Å². The molecule has 7 rings (SSSR count). The van der Waals surface area contributed by atoms with Crippen LogP contribution in [0.2, 0.25) is 0 Å². The van der Waals surface area contributed by atoms with Gasteiger partial charge in [-0.15, -0.1) is 0 Å². The van der Waals surface area contributed by atoms with E-state index in [2.05, 4.69) is 81.7 Å². The zero-order valence-electron chi connectivity index (χ0n) is 80.8. The van der Waals surface area contributed by atoms with Crippen molar-refractivity contribution in [3.05, 3.63) is 202 Å². The lowest BCUT2D eigenvalue weighted by molar-refractivity contribution is -0.157. The molecule has 0 aliphatic carbocycles. The van der Waals surface area contributed by atoms with Crippen LogP contribution in [0.5, 0.6) is 17.2 Å². The SMILES string of the molecule is CCC(C)(C)C(=O)OCCCS(=O)(=O)[O-].CCC(C)(C)C(=O)OCCS(=O)(=O)[O-].CCC(C)c1cc(C)c(S(=O)(=O)[O-])c(C)c1.CCC(C)c1ccc(OC(=O)c2ccccc2S(=O)(=O)[O-])cc1.CCC(C)c1ccc(OCCOc2ccc(S(=O)(=O)[O-])cc2)cc1.CCC(C)c1ccc(S(=O)(=O)[O-])cc1.CCC(C)c1cccc(S(=O)(=O)[O-])c1.COC(=O)C(C)C(C)C(=O)OCCS(=O)(=O)[O-]. The first-order chi connectivity index (χ1) is 62.9. The average Bonchev–Trinajstić information content (AvgIpc) is 1.10. The number of methoxy groups -OCH3 is 1. The van der Waals surface area contributed by atoms with Crippen molar-refractivity contribution in [2.75, 3.05) is 57.4 Å². The third-order valence-corrected chi connectivity index (χ3v) is 28.2. The minimum absolute atomic E-state index is 0.0241. The summed E-state index contributed by atoms with van der Waals surface area (Å²) >= 11 is 0. The maximum absolute atomic E-state index is 12.1. The molecule has 0 fully saturated rings. The lowest BCUT2D eigenvalue weighted by Gasteiger charge is -2.20. The Morgan fingerprint density at radius 1 is 0.336 bits per heavy atom. The Morgan fingerprint density at radius 2 is 0.672 bits per heavy atom. The molecule has 7 unspecified atom stereocenters. The number of aryl methyl sites for hydroxylation is 2. The molecule has 0 bridgehead atoms. The van der Waals surface area contributed by atoms with Gasteiger partial charge in [0.25, 0.3) is 0 Å². The quantitative estimate of drug-likeness (QED) is 0.0113. The number of hydrogen-bond acceptors (Lipinski definition) is 36. The number of esters is 5. The van der Waals surface area contributed by atoms with Gasteiger partial charge in [-0.25, -0.2) is 72.1 Å². The normalized spacial score (nSPS) is 13.3. The fourth-order valence-corrected chi connectivity index (χ4v) is 14.9. The summed E-state index contributed by atoms with van der Waals surface area (Å²) in [4.78, 5) is 56.0. The Bertz CT molecular complexity index is 5910. The highest BCUT2D eigenvalue weighted by Crippen LogP contribution is 2.31. The topological polar surface area (TPSA) is 608 Å². The highest BCUT2D eigenvalue weighted by Gasteiger charge is 2.30. The Kier molecular flexibility index (Phi) is 55.4. The van der Waals surface area contributed by atoms with Gasteiger partial charge in [-0.2, -0.15) is 0 Å². The molecule has 0 heterocycles. The fourth-order valence-electron chi connectivity index (χ4n) is 10.9. The van der Waals surface area contributed by atoms with Gasteiger partial charge in [0, 0.05) is 5.75 Å². The van der Waals surface area contributed by atoms with E-state index in [1.54, 1.807) is 84.0 Å². The van der Waals surface area contributed by atoms with Crippen molar-refractivity contribution in [2.24, 2.45) is 22.7 Å². The molecule has 7 atom stereocenters. The molecule has 7 aromatic rings. The molecule has 0 radical (unpaired) electrons. The second-order valence-electron chi connectivity index (χ2n) is 32.8. The summed E-state index contributed by atoms with van der Waals surface area (Å²) in [6.07, 6.45) is 6.28. The van der Waals surface area contributed by atoms with Crippen molar-refractivity contribution in [2.45, 2.75) is 244 Å². The molecule has 137 heavy (non-hydrogen) atoms. The van der Waals surface area contributed by atoms with Crippen molar-refractivity contribution in [3.63, 3.8) is 0 Å². The van der Waals surface area contributed by atoms with E-state index in [1.807, 2.05) is 58.0 Å². The number of ether oxygens (including phenoxy) is 7. The van der Waals surface area contributed by atoms with Gasteiger partial charge in [0.1, 0.15) is 94.3 Å². The minimum atomic E-state index is -4.74. The monoisotopic (exact) mass is 2080 g/mol. The molecule has 7 aromatic carbocycles. The molecule has 0 aromatic heterocycles. The van der Waals surface area contributed by atoms with Crippen molar-refractivity contribution in [3.8, 4) is 17.2 Å². The minimum Gasteiger partial charge on any atom is -0.748 e. The van der Waals surface area contributed by atoms with Crippen LogP contribution >= 0.6 is 0 Å². The van der Waals surface area contributed by atoms with Crippen LogP contribution < -0.4 is 14.2 Å². The molecular formula is C93H128O36S8-8. The molecule has 0 amide bonds. The van der Waals surface area contributed by atoms with E-state index in [4.69, 9.17) is 18.9 Å². The van der Waals surface area contributed by atoms with Crippen LogP contribution in [-0.2, 0) is 119 Å². The van der Waals surface area contributed by atoms with Gasteiger partial charge < -0.3 is 69.6 Å². The Labute approximate surface area is 809 Å². The zero-order chi connectivity index (χ0) is 106. The Hall–Kier alpha value is -9.23. The summed E-state index contributed by atoms with van der Waals surface area (Å²) in [6.45, 7) is 37.5. The molecule has 0 N–H and O–H groups in total. The average molecular weight is 2080 g/mol. The van der Waals surface area contributed by atoms with Gasteiger partial charge in [-0.3, -0.25) is 19.2 Å². The summed E-state index contributed by atoms with van der Waals surface area (Å²) < 4.78 is 290. The van der Waals surface area contributed by atoms with E-state index in [1.165, 1.54) is 93.3 Å². The van der Waals surface area contributed by atoms with Crippen LogP contribution in [0.4, 0.5) is 0 Å². The third kappa shape index (κ3) is 51.0. The number of rotatable bonds is 39. The first-order valence-corrected chi connectivity index (χ1v) is 55.1. The lowest BCUT2D eigenvalue weighted by atomic mass is 9.91. The van der Waals surface area contributed by atoms with Gasteiger partial charge in [0.05, 0.1) is 108 Å². The smallest absolute Gasteiger partial charge is 0.344 e. The van der Waals surface area contributed by atoms with E-state index in [9.17, 15) is 128 Å². The van der Waals surface area contributed by atoms with Crippen LogP contribution in [0.1, 0.15) is 255 Å². The predicted molar refractivity (Wildman–Crippen MR) is 504 cm³/mol. The summed E-state index contributed by atoms with van der Waals surface area (Å²) in [6, 6.07) is 41.5. The number of hydrogen-bond donors (Lipinski definition) is 0. The predicted octanol–water partition coefficient (Wildman–Crippen LogP) is 14.7. The molecule has 44 heteroatoms. The second-order valence-corrected chi connectivity index (χ2v) is 44.2. The fraction of sp³-hybridized carbons (Fsp3) is 0.495. The molecule has 36 nitrogen and oxygen atoms in total. The van der Waals surface area contributed by atoms with E-state index < -0.39 is 156 Å². The maximum atomic E-state index is 12.1. The van der Waals surface area contributed by atoms with Gasteiger partial charge in [-0.05, 0) is 246 Å². The van der Waals surface area contributed by atoms with Crippen molar-refractivity contribution in [1.82, 2.24) is 0 Å². The van der Waals surface area contributed by atoms with Crippen molar-refractivity contribution >= 4 is 111 Å². The van der Waals surface area contributed by atoms with E-state index in [-0.39, 0.29) is 56.7 Å². The van der Waals surface area contributed by atoms with Crippen LogP contribution in [0.3, 0.4) is 0 Å². The van der Waals surface area contributed by atoms with Gasteiger partial charge in [0.2, 0.25) is 0 Å². The highest BCUT2D eigenvalue weighted by molar-refractivity contribution is 7.87. The second kappa shape index (κ2) is 59.4. The van der Waals surface area contributed by atoms with Gasteiger partial charge >= 0.3 is 29.8 Å². The number of carbonyl (C=O) groups is 5.